The molecule has 0 radical (unpaired) electrons. The number of amides is 1. The van der Waals surface area contributed by atoms with Crippen LogP contribution in [0.4, 0.5) is 0 Å². The van der Waals surface area contributed by atoms with E-state index in [1.54, 1.807) is 6.07 Å². The van der Waals surface area contributed by atoms with Crippen LogP contribution in [0.5, 0.6) is 0 Å². The summed E-state index contributed by atoms with van der Waals surface area (Å²) in [6, 6.07) is 14.1. The summed E-state index contributed by atoms with van der Waals surface area (Å²) < 4.78 is 25.6. The molecule has 0 spiro atoms. The summed E-state index contributed by atoms with van der Waals surface area (Å²) in [4.78, 5) is 12.7. The summed E-state index contributed by atoms with van der Waals surface area (Å²) in [6.07, 6.45) is 1.49. The number of carbonyl (C=O) groups is 1. The molecule has 0 aliphatic carbocycles. The first-order chi connectivity index (χ1) is 11.9. The zero-order chi connectivity index (χ0) is 18.0. The Labute approximate surface area is 152 Å². The standard InChI is InChI=1S/C18H19ClN2O3S/c1-25(23,24)21-12-15-8-3-2-6-13(15)10-17(21)18(22)20-11-14-7-4-5-9-16(14)19/h2-9,17H,10-12H2,1H3,(H,20,22). The van der Waals surface area contributed by atoms with E-state index in [9.17, 15) is 13.2 Å². The van der Waals surface area contributed by atoms with Crippen molar-refractivity contribution in [3.63, 3.8) is 0 Å². The Bertz CT molecular complexity index is 899. The van der Waals surface area contributed by atoms with Gasteiger partial charge in [-0.15, -0.1) is 0 Å². The van der Waals surface area contributed by atoms with Crippen LogP contribution in [0.15, 0.2) is 48.5 Å². The van der Waals surface area contributed by atoms with Gasteiger partial charge in [-0.3, -0.25) is 4.79 Å². The zero-order valence-electron chi connectivity index (χ0n) is 13.8. The number of rotatable bonds is 4. The Morgan fingerprint density at radius 2 is 1.80 bits per heavy atom. The van der Waals surface area contributed by atoms with Crippen LogP contribution in [0.2, 0.25) is 5.02 Å². The number of nitrogens with zero attached hydrogens (tertiary/aromatic N) is 1. The van der Waals surface area contributed by atoms with Gasteiger partial charge in [-0.05, 0) is 29.2 Å². The van der Waals surface area contributed by atoms with Crippen molar-refractivity contribution < 1.29 is 13.2 Å². The minimum absolute atomic E-state index is 0.208. The molecule has 1 aliphatic heterocycles. The highest BCUT2D eigenvalue weighted by atomic mass is 35.5. The minimum atomic E-state index is -3.51. The van der Waals surface area contributed by atoms with Crippen LogP contribution in [0.25, 0.3) is 0 Å². The summed E-state index contributed by atoms with van der Waals surface area (Å²) in [6.45, 7) is 0.466. The second-order valence-electron chi connectivity index (χ2n) is 6.11. The second-order valence-corrected chi connectivity index (χ2v) is 8.45. The summed E-state index contributed by atoms with van der Waals surface area (Å²) in [5, 5.41) is 3.38. The molecule has 1 atom stereocenters. The Morgan fingerprint density at radius 3 is 2.48 bits per heavy atom. The maximum Gasteiger partial charge on any atom is 0.239 e. The second kappa shape index (κ2) is 7.15. The highest BCUT2D eigenvalue weighted by Gasteiger charge is 2.36. The fraction of sp³-hybridized carbons (Fsp3) is 0.278. The lowest BCUT2D eigenvalue weighted by atomic mass is 9.95. The van der Waals surface area contributed by atoms with Gasteiger partial charge in [0.2, 0.25) is 15.9 Å². The van der Waals surface area contributed by atoms with Gasteiger partial charge in [0.25, 0.3) is 0 Å². The Morgan fingerprint density at radius 1 is 1.16 bits per heavy atom. The molecule has 3 rings (SSSR count). The largest absolute Gasteiger partial charge is 0.351 e. The SMILES string of the molecule is CS(=O)(=O)N1Cc2ccccc2CC1C(=O)NCc1ccccc1Cl. The number of nitrogens with one attached hydrogen (secondary N) is 1. The van der Waals surface area contributed by atoms with E-state index in [2.05, 4.69) is 5.32 Å². The first kappa shape index (κ1) is 17.9. The van der Waals surface area contributed by atoms with Crippen LogP contribution < -0.4 is 5.32 Å². The summed E-state index contributed by atoms with van der Waals surface area (Å²) in [5.41, 5.74) is 2.73. The molecule has 2 aromatic carbocycles. The molecule has 1 heterocycles. The molecule has 0 bridgehead atoms. The minimum Gasteiger partial charge on any atom is -0.351 e. The predicted molar refractivity (Wildman–Crippen MR) is 97.6 cm³/mol. The number of benzene rings is 2. The molecule has 2 aromatic rings. The normalized spacial score (nSPS) is 17.8. The maximum absolute atomic E-state index is 12.7. The molecule has 0 aromatic heterocycles. The first-order valence-corrected chi connectivity index (χ1v) is 10.1. The first-order valence-electron chi connectivity index (χ1n) is 7.91. The van der Waals surface area contributed by atoms with Gasteiger partial charge in [0.05, 0.1) is 6.26 Å². The van der Waals surface area contributed by atoms with Gasteiger partial charge in [0, 0.05) is 18.1 Å². The number of sulfonamides is 1. The number of fused-ring (bicyclic) bond motifs is 1. The molecule has 1 amide bonds. The Hall–Kier alpha value is -1.89. The fourth-order valence-electron chi connectivity index (χ4n) is 3.01. The van der Waals surface area contributed by atoms with Crippen molar-refractivity contribution in [1.82, 2.24) is 9.62 Å². The summed E-state index contributed by atoms with van der Waals surface area (Å²) in [7, 11) is -3.51. The van der Waals surface area contributed by atoms with Gasteiger partial charge in [-0.2, -0.15) is 4.31 Å². The van der Waals surface area contributed by atoms with Crippen molar-refractivity contribution in [3.8, 4) is 0 Å². The van der Waals surface area contributed by atoms with Crippen molar-refractivity contribution in [2.45, 2.75) is 25.6 Å². The quantitative estimate of drug-likeness (QED) is 0.888. The fourth-order valence-corrected chi connectivity index (χ4v) is 4.22. The Kier molecular flexibility index (Phi) is 5.13. The molecular formula is C18H19ClN2O3S. The van der Waals surface area contributed by atoms with Crippen molar-refractivity contribution in [3.05, 3.63) is 70.2 Å². The van der Waals surface area contributed by atoms with Crippen molar-refractivity contribution in [2.75, 3.05) is 6.26 Å². The highest BCUT2D eigenvalue weighted by molar-refractivity contribution is 7.88. The molecule has 1 N–H and O–H groups in total. The van der Waals surface area contributed by atoms with Gasteiger partial charge < -0.3 is 5.32 Å². The molecule has 0 fully saturated rings. The lowest BCUT2D eigenvalue weighted by molar-refractivity contribution is -0.125. The van der Waals surface area contributed by atoms with Gasteiger partial charge in [0.1, 0.15) is 6.04 Å². The maximum atomic E-state index is 12.7. The lowest BCUT2D eigenvalue weighted by Gasteiger charge is -2.34. The summed E-state index contributed by atoms with van der Waals surface area (Å²) >= 11 is 6.10. The van der Waals surface area contributed by atoms with Crippen molar-refractivity contribution in [2.24, 2.45) is 0 Å². The highest BCUT2D eigenvalue weighted by Crippen LogP contribution is 2.25. The van der Waals surface area contributed by atoms with Gasteiger partial charge in [0.15, 0.2) is 0 Å². The Balaban J connectivity index is 1.81. The van der Waals surface area contributed by atoms with E-state index in [-0.39, 0.29) is 19.0 Å². The third kappa shape index (κ3) is 4.03. The molecule has 25 heavy (non-hydrogen) atoms. The predicted octanol–water partition coefficient (Wildman–Crippen LogP) is 2.34. The average Bonchev–Trinajstić information content (AvgIpc) is 2.59. The van der Waals surface area contributed by atoms with Gasteiger partial charge in [-0.1, -0.05) is 54.1 Å². The molecule has 132 valence electrons. The van der Waals surface area contributed by atoms with E-state index < -0.39 is 16.1 Å². The van der Waals surface area contributed by atoms with E-state index in [4.69, 9.17) is 11.6 Å². The van der Waals surface area contributed by atoms with Crippen LogP contribution in [-0.2, 0) is 34.3 Å². The third-order valence-corrected chi connectivity index (χ3v) is 5.95. The van der Waals surface area contributed by atoms with Gasteiger partial charge in [-0.25, -0.2) is 8.42 Å². The molecule has 5 nitrogen and oxygen atoms in total. The van der Waals surface area contributed by atoms with E-state index in [0.717, 1.165) is 22.9 Å². The molecule has 0 saturated carbocycles. The van der Waals surface area contributed by atoms with Crippen LogP contribution in [0.3, 0.4) is 0 Å². The van der Waals surface area contributed by atoms with Crippen LogP contribution in [0.1, 0.15) is 16.7 Å². The smallest absolute Gasteiger partial charge is 0.239 e. The average molecular weight is 379 g/mol. The lowest BCUT2D eigenvalue weighted by Crippen LogP contribution is -2.52. The topological polar surface area (TPSA) is 66.5 Å². The monoisotopic (exact) mass is 378 g/mol. The van der Waals surface area contributed by atoms with E-state index in [0.29, 0.717) is 11.4 Å². The van der Waals surface area contributed by atoms with E-state index in [1.165, 1.54) is 4.31 Å². The number of halogens is 1. The van der Waals surface area contributed by atoms with E-state index >= 15 is 0 Å². The van der Waals surface area contributed by atoms with Crippen molar-refractivity contribution in [1.29, 1.82) is 0 Å². The van der Waals surface area contributed by atoms with Crippen molar-refractivity contribution >= 4 is 27.5 Å². The number of carbonyl (C=O) groups excluding carboxylic acids is 1. The molecule has 7 heteroatoms. The molecule has 1 aliphatic rings. The van der Waals surface area contributed by atoms with E-state index in [1.807, 2.05) is 42.5 Å². The molecule has 1 unspecified atom stereocenters. The van der Waals surface area contributed by atoms with Crippen LogP contribution in [0, 0.1) is 0 Å². The molecule has 0 saturated heterocycles. The van der Waals surface area contributed by atoms with Crippen LogP contribution >= 0.6 is 11.6 Å². The number of hydrogen-bond acceptors (Lipinski definition) is 3. The molecular weight excluding hydrogens is 360 g/mol. The zero-order valence-corrected chi connectivity index (χ0v) is 15.3. The summed E-state index contributed by atoms with van der Waals surface area (Å²) in [5.74, 6) is -0.320. The van der Waals surface area contributed by atoms with Crippen LogP contribution in [-0.4, -0.2) is 30.9 Å². The van der Waals surface area contributed by atoms with Gasteiger partial charge >= 0.3 is 0 Å². The third-order valence-electron chi connectivity index (χ3n) is 4.34. The number of hydrogen-bond donors (Lipinski definition) is 1.